The van der Waals surface area contributed by atoms with E-state index in [2.05, 4.69) is 21.2 Å². The molecule has 0 bridgehead atoms. The van der Waals surface area contributed by atoms with Crippen molar-refractivity contribution < 1.29 is 22.5 Å². The number of aryl methyl sites for hydroxylation is 2. The fourth-order valence-electron chi connectivity index (χ4n) is 3.79. The van der Waals surface area contributed by atoms with Crippen molar-refractivity contribution in [3.05, 3.63) is 45.0 Å². The van der Waals surface area contributed by atoms with Crippen molar-refractivity contribution >= 4 is 31.9 Å². The number of nitrogens with one attached hydrogen (secondary N) is 1. The van der Waals surface area contributed by atoms with E-state index >= 15 is 0 Å². The standard InChI is InChI=1S/C19H27BrN6O4S/c1-5-23(6-2)31(28,29)24-9-10-25(26-18(20)19(21)30-22-26)16(12-24)17(27)15-8-7-13(3)11-14(15)4/h7-8,11,16,21H,5-6,9-10,12H2,1-4H3. The Balaban J connectivity index is 2.03. The summed E-state index contributed by atoms with van der Waals surface area (Å²) >= 11 is 3.27. The second-order valence-electron chi connectivity index (χ2n) is 7.39. The van der Waals surface area contributed by atoms with E-state index in [-0.39, 0.29) is 35.6 Å². The van der Waals surface area contributed by atoms with Gasteiger partial charge in [0, 0.05) is 54.2 Å². The van der Waals surface area contributed by atoms with Gasteiger partial charge in [0.15, 0.2) is 5.78 Å². The van der Waals surface area contributed by atoms with Crippen LogP contribution >= 0.6 is 15.9 Å². The van der Waals surface area contributed by atoms with E-state index in [1.54, 1.807) is 24.9 Å². The Morgan fingerprint density at radius 2 is 2.00 bits per heavy atom. The summed E-state index contributed by atoms with van der Waals surface area (Å²) in [5.74, 6) is -0.217. The molecular formula is C19H27BrN6O4S. The maximum atomic E-state index is 13.6. The summed E-state index contributed by atoms with van der Waals surface area (Å²) in [6, 6.07) is 4.71. The van der Waals surface area contributed by atoms with Crippen LogP contribution < -0.4 is 20.6 Å². The molecular weight excluding hydrogens is 488 g/mol. The van der Waals surface area contributed by atoms with Crippen molar-refractivity contribution in [3.63, 3.8) is 0 Å². The molecule has 0 spiro atoms. The van der Waals surface area contributed by atoms with Gasteiger partial charge in [0.25, 0.3) is 10.2 Å². The zero-order valence-electron chi connectivity index (χ0n) is 18.0. The van der Waals surface area contributed by atoms with Gasteiger partial charge >= 0.3 is 10.2 Å². The average molecular weight is 515 g/mol. The molecule has 1 aromatic heterocycles. The summed E-state index contributed by atoms with van der Waals surface area (Å²) in [6.07, 6.45) is 0. The van der Waals surface area contributed by atoms with Crippen LogP contribution in [-0.2, 0) is 10.2 Å². The highest BCUT2D eigenvalue weighted by Gasteiger charge is 2.40. The Morgan fingerprint density at radius 3 is 2.55 bits per heavy atom. The number of piperazine rings is 1. The molecule has 1 atom stereocenters. The van der Waals surface area contributed by atoms with Gasteiger partial charge in [0.2, 0.25) is 0 Å². The minimum atomic E-state index is -3.71. The van der Waals surface area contributed by atoms with E-state index in [1.165, 1.54) is 13.4 Å². The molecule has 1 unspecified atom stereocenters. The largest absolute Gasteiger partial charge is 0.379 e. The third-order valence-electron chi connectivity index (χ3n) is 5.44. The SMILES string of the molecule is CCN(CC)S(=O)(=O)N1CCN([n+]2[n-]oc(=N)c2Br)C(C(=O)c2ccc(C)cc2C)C1. The third kappa shape index (κ3) is 4.47. The summed E-state index contributed by atoms with van der Waals surface area (Å²) in [5.41, 5.74) is 2.19. The van der Waals surface area contributed by atoms with E-state index in [0.29, 0.717) is 18.7 Å². The Kier molecular flexibility index (Phi) is 7.04. The summed E-state index contributed by atoms with van der Waals surface area (Å²) < 4.78 is 34.1. The van der Waals surface area contributed by atoms with Gasteiger partial charge in [0.1, 0.15) is 0 Å². The second kappa shape index (κ2) is 9.23. The van der Waals surface area contributed by atoms with Gasteiger partial charge in [-0.2, -0.15) is 17.0 Å². The first-order valence-corrected chi connectivity index (χ1v) is 12.2. The van der Waals surface area contributed by atoms with E-state index in [9.17, 15) is 13.2 Å². The van der Waals surface area contributed by atoms with Crippen LogP contribution in [-0.4, -0.2) is 61.6 Å². The molecule has 1 aliphatic heterocycles. The Labute approximate surface area is 190 Å². The molecule has 3 rings (SSSR count). The maximum absolute atomic E-state index is 13.6. The molecule has 1 saturated heterocycles. The van der Waals surface area contributed by atoms with Crippen molar-refractivity contribution in [2.24, 2.45) is 0 Å². The zero-order valence-corrected chi connectivity index (χ0v) is 20.4. The zero-order chi connectivity index (χ0) is 22.9. The molecule has 10 nitrogen and oxygen atoms in total. The van der Waals surface area contributed by atoms with Crippen molar-refractivity contribution in [3.8, 4) is 0 Å². The number of hydrogen-bond donors (Lipinski definition) is 1. The first-order valence-electron chi connectivity index (χ1n) is 10.0. The lowest BCUT2D eigenvalue weighted by Crippen LogP contribution is -2.74. The van der Waals surface area contributed by atoms with E-state index in [0.717, 1.165) is 11.1 Å². The quantitative estimate of drug-likeness (QED) is 0.424. The van der Waals surface area contributed by atoms with Gasteiger partial charge in [-0.15, -0.1) is 0 Å². The number of Topliss-reactive ketones (excluding diaryl/α,β-unsaturated/α-hetero) is 1. The Morgan fingerprint density at radius 1 is 1.32 bits per heavy atom. The first-order chi connectivity index (χ1) is 14.6. The number of aromatic nitrogens is 2. The molecule has 2 aromatic rings. The molecule has 0 saturated carbocycles. The van der Waals surface area contributed by atoms with Crippen LogP contribution in [0.2, 0.25) is 0 Å². The molecule has 31 heavy (non-hydrogen) atoms. The van der Waals surface area contributed by atoms with Crippen LogP contribution in [0.25, 0.3) is 0 Å². The lowest BCUT2D eigenvalue weighted by molar-refractivity contribution is -0.775. The fourth-order valence-corrected chi connectivity index (χ4v) is 5.75. The number of halogens is 1. The van der Waals surface area contributed by atoms with E-state index in [1.807, 2.05) is 26.0 Å². The second-order valence-corrected chi connectivity index (χ2v) is 10.1. The van der Waals surface area contributed by atoms with Crippen LogP contribution in [0.4, 0.5) is 0 Å². The van der Waals surface area contributed by atoms with Crippen LogP contribution in [0, 0.1) is 19.3 Å². The lowest BCUT2D eigenvalue weighted by atomic mass is 9.97. The number of rotatable bonds is 7. The first kappa shape index (κ1) is 23.6. The maximum Gasteiger partial charge on any atom is 0.332 e. The number of ketones is 1. The minimum Gasteiger partial charge on any atom is -0.379 e. The molecule has 1 aromatic carbocycles. The predicted octanol–water partition coefficient (Wildman–Crippen LogP) is 0.475. The van der Waals surface area contributed by atoms with E-state index in [4.69, 9.17) is 9.93 Å². The number of carbonyl (C=O) groups excluding carboxylic acids is 1. The van der Waals surface area contributed by atoms with Crippen molar-refractivity contribution in [2.45, 2.75) is 33.7 Å². The molecule has 1 fully saturated rings. The molecule has 170 valence electrons. The molecule has 0 amide bonds. The average Bonchev–Trinajstić information content (AvgIpc) is 3.06. The number of benzene rings is 1. The summed E-state index contributed by atoms with van der Waals surface area (Å²) in [5, 5.41) is 13.3. The molecule has 1 N–H and O–H groups in total. The fraction of sp³-hybridized carbons (Fsp3) is 0.526. The summed E-state index contributed by atoms with van der Waals surface area (Å²) in [7, 11) is -3.71. The topological polar surface area (TPSA) is 116 Å². The Hall–Kier alpha value is -2.02. The van der Waals surface area contributed by atoms with Crippen LogP contribution in [0.15, 0.2) is 27.3 Å². The molecule has 0 radical (unpaired) electrons. The third-order valence-corrected chi connectivity index (χ3v) is 8.27. The minimum absolute atomic E-state index is 0.0371. The van der Waals surface area contributed by atoms with Gasteiger partial charge in [-0.25, -0.2) is 0 Å². The van der Waals surface area contributed by atoms with Gasteiger partial charge in [-0.1, -0.05) is 42.4 Å². The van der Waals surface area contributed by atoms with Crippen LogP contribution in [0.3, 0.4) is 0 Å². The van der Waals surface area contributed by atoms with Gasteiger partial charge in [-0.05, 0) is 24.7 Å². The van der Waals surface area contributed by atoms with Crippen molar-refractivity contribution in [2.75, 3.05) is 37.7 Å². The number of nitrogens with zero attached hydrogens (tertiary/aromatic N) is 5. The van der Waals surface area contributed by atoms with Crippen molar-refractivity contribution in [1.82, 2.24) is 13.9 Å². The number of carbonyl (C=O) groups is 1. The highest BCUT2D eigenvalue weighted by Crippen LogP contribution is 2.20. The Bertz CT molecular complexity index is 1120. The normalized spacial score (nSPS) is 18.0. The molecule has 1 aliphatic rings. The summed E-state index contributed by atoms with van der Waals surface area (Å²) in [4.78, 5) is 14.9. The highest BCUT2D eigenvalue weighted by molar-refractivity contribution is 9.10. The van der Waals surface area contributed by atoms with Crippen LogP contribution in [0.5, 0.6) is 0 Å². The molecule has 2 heterocycles. The van der Waals surface area contributed by atoms with Gasteiger partial charge in [-0.3, -0.25) is 15.2 Å². The van der Waals surface area contributed by atoms with Crippen LogP contribution in [0.1, 0.15) is 35.3 Å². The highest BCUT2D eigenvalue weighted by atomic mass is 79.9. The van der Waals surface area contributed by atoms with Gasteiger partial charge in [0.05, 0.1) is 6.04 Å². The summed E-state index contributed by atoms with van der Waals surface area (Å²) in [6.45, 7) is 8.42. The molecule has 0 aliphatic carbocycles. The number of hydrogen-bond acceptors (Lipinski definition) is 6. The lowest BCUT2D eigenvalue weighted by Gasteiger charge is -2.41. The van der Waals surface area contributed by atoms with Gasteiger partial charge < -0.3 is 4.52 Å². The molecule has 12 heteroatoms. The predicted molar refractivity (Wildman–Crippen MR) is 116 cm³/mol. The monoisotopic (exact) mass is 514 g/mol. The van der Waals surface area contributed by atoms with E-state index < -0.39 is 16.3 Å². The smallest absolute Gasteiger partial charge is 0.332 e. The van der Waals surface area contributed by atoms with Crippen molar-refractivity contribution in [1.29, 1.82) is 5.41 Å².